The van der Waals surface area contributed by atoms with Gasteiger partial charge in [0.1, 0.15) is 5.75 Å². The van der Waals surface area contributed by atoms with Crippen molar-refractivity contribution in [1.29, 1.82) is 0 Å². The van der Waals surface area contributed by atoms with E-state index in [0.717, 1.165) is 28.9 Å². The Balaban J connectivity index is 1.82. The van der Waals surface area contributed by atoms with Crippen molar-refractivity contribution in [2.75, 3.05) is 13.7 Å². The van der Waals surface area contributed by atoms with Crippen LogP contribution in [0.5, 0.6) is 5.75 Å². The highest BCUT2D eigenvalue weighted by Crippen LogP contribution is 2.18. The first-order valence-corrected chi connectivity index (χ1v) is 7.81. The van der Waals surface area contributed by atoms with E-state index in [0.29, 0.717) is 13.0 Å². The van der Waals surface area contributed by atoms with E-state index in [4.69, 9.17) is 4.74 Å². The van der Waals surface area contributed by atoms with E-state index in [1.54, 1.807) is 6.08 Å². The summed E-state index contributed by atoms with van der Waals surface area (Å²) >= 11 is 0. The quantitative estimate of drug-likeness (QED) is 0.539. The fraction of sp³-hybridized carbons (Fsp3) is 0.190. The van der Waals surface area contributed by atoms with Crippen molar-refractivity contribution in [3.05, 3.63) is 84.5 Å². The van der Waals surface area contributed by atoms with Crippen molar-refractivity contribution in [2.45, 2.75) is 12.8 Å². The van der Waals surface area contributed by atoms with E-state index >= 15 is 0 Å². The zero-order valence-electron chi connectivity index (χ0n) is 14.0. The number of benzene rings is 2. The molecule has 2 aromatic carbocycles. The zero-order chi connectivity index (χ0) is 17.4. The van der Waals surface area contributed by atoms with Crippen LogP contribution < -0.4 is 4.74 Å². The molecule has 3 heteroatoms. The second-order valence-corrected chi connectivity index (χ2v) is 5.42. The average molecular weight is 322 g/mol. The van der Waals surface area contributed by atoms with Crippen molar-refractivity contribution in [3.8, 4) is 5.75 Å². The Hall–Kier alpha value is -2.81. The summed E-state index contributed by atoms with van der Waals surface area (Å²) in [6.45, 7) is 8.23. The molecule has 24 heavy (non-hydrogen) atoms. The van der Waals surface area contributed by atoms with Crippen LogP contribution in [0.1, 0.15) is 16.7 Å². The highest BCUT2D eigenvalue weighted by molar-refractivity contribution is 5.72. The van der Waals surface area contributed by atoms with Gasteiger partial charge in [-0.05, 0) is 34.4 Å². The summed E-state index contributed by atoms with van der Waals surface area (Å²) < 4.78 is 10.4. The molecule has 0 aromatic heterocycles. The minimum Gasteiger partial charge on any atom is -0.493 e. The molecule has 0 aliphatic rings. The Labute approximate surface area is 143 Å². The lowest BCUT2D eigenvalue weighted by molar-refractivity contribution is -0.139. The first kappa shape index (κ1) is 17.5. The van der Waals surface area contributed by atoms with E-state index in [2.05, 4.69) is 17.9 Å². The third-order valence-corrected chi connectivity index (χ3v) is 3.73. The van der Waals surface area contributed by atoms with Crippen LogP contribution in [-0.4, -0.2) is 19.7 Å². The molecule has 0 heterocycles. The predicted molar refractivity (Wildman–Crippen MR) is 97.0 cm³/mol. The van der Waals surface area contributed by atoms with Crippen molar-refractivity contribution >= 4 is 11.5 Å². The summed E-state index contributed by atoms with van der Waals surface area (Å²) in [6, 6.07) is 15.7. The Bertz CT molecular complexity index is 697. The second-order valence-electron chi connectivity index (χ2n) is 5.42. The minimum absolute atomic E-state index is 0.228. The largest absolute Gasteiger partial charge is 0.493 e. The molecule has 0 atom stereocenters. The molecule has 124 valence electrons. The lowest BCUT2D eigenvalue weighted by Crippen LogP contribution is -2.05. The van der Waals surface area contributed by atoms with Gasteiger partial charge in [0.15, 0.2) is 0 Å². The van der Waals surface area contributed by atoms with Gasteiger partial charge in [0.2, 0.25) is 0 Å². The first-order valence-electron chi connectivity index (χ1n) is 7.81. The van der Waals surface area contributed by atoms with Crippen LogP contribution in [0.3, 0.4) is 0 Å². The summed E-state index contributed by atoms with van der Waals surface area (Å²) in [5.74, 6) is 0.603. The minimum atomic E-state index is -0.228. The lowest BCUT2D eigenvalue weighted by atomic mass is 10.1. The third kappa shape index (κ3) is 5.13. The number of carbonyl (C=O) groups excluding carboxylic acids is 1. The second kappa shape index (κ2) is 8.73. The highest BCUT2D eigenvalue weighted by Gasteiger charge is 2.03. The average Bonchev–Trinajstić information content (AvgIpc) is 2.63. The molecule has 0 spiro atoms. The van der Waals surface area contributed by atoms with Gasteiger partial charge in [-0.2, -0.15) is 0 Å². The molecule has 2 aromatic rings. The van der Waals surface area contributed by atoms with Crippen molar-refractivity contribution < 1.29 is 14.3 Å². The SMILES string of the molecule is C=CC(=C)c1ccc(OCCc2ccc(CC(=O)OC)cc2)cc1. The number of methoxy groups -OCH3 is 1. The molecule has 0 radical (unpaired) electrons. The van der Waals surface area contributed by atoms with E-state index in [9.17, 15) is 4.79 Å². The number of allylic oxidation sites excluding steroid dienone is 2. The molecular formula is C21H22O3. The standard InChI is InChI=1S/C21H22O3/c1-4-16(2)19-9-11-20(12-10-19)24-14-13-17-5-7-18(8-6-17)15-21(22)23-3/h4-12H,1-2,13-15H2,3H3. The van der Waals surface area contributed by atoms with Gasteiger partial charge in [0, 0.05) is 6.42 Å². The van der Waals surface area contributed by atoms with Crippen LogP contribution in [0.4, 0.5) is 0 Å². The van der Waals surface area contributed by atoms with Gasteiger partial charge in [0.05, 0.1) is 20.1 Å². The lowest BCUT2D eigenvalue weighted by Gasteiger charge is -2.08. The van der Waals surface area contributed by atoms with Gasteiger partial charge < -0.3 is 9.47 Å². The van der Waals surface area contributed by atoms with E-state index in [1.807, 2.05) is 48.5 Å². The molecule has 0 aliphatic heterocycles. The molecule has 0 saturated heterocycles. The Morgan fingerprint density at radius 1 is 1.04 bits per heavy atom. The number of hydrogen-bond donors (Lipinski definition) is 0. The molecule has 0 saturated carbocycles. The zero-order valence-corrected chi connectivity index (χ0v) is 14.0. The van der Waals surface area contributed by atoms with E-state index < -0.39 is 0 Å². The summed E-state index contributed by atoms with van der Waals surface area (Å²) in [6.07, 6.45) is 2.84. The Morgan fingerprint density at radius 2 is 1.67 bits per heavy atom. The third-order valence-electron chi connectivity index (χ3n) is 3.73. The molecule has 0 bridgehead atoms. The van der Waals surface area contributed by atoms with Gasteiger partial charge in [-0.3, -0.25) is 4.79 Å². The van der Waals surface area contributed by atoms with Crippen molar-refractivity contribution in [3.63, 3.8) is 0 Å². The Kier molecular flexibility index (Phi) is 6.38. The molecule has 3 nitrogen and oxygen atoms in total. The van der Waals surface area contributed by atoms with Crippen LogP contribution in [0, 0.1) is 0 Å². The number of ether oxygens (including phenoxy) is 2. The van der Waals surface area contributed by atoms with Crippen LogP contribution in [0.25, 0.3) is 5.57 Å². The maximum Gasteiger partial charge on any atom is 0.309 e. The molecule has 0 N–H and O–H groups in total. The van der Waals surface area contributed by atoms with Crippen LogP contribution in [0.15, 0.2) is 67.8 Å². The normalized spacial score (nSPS) is 10.0. The number of esters is 1. The van der Waals surface area contributed by atoms with E-state index in [1.165, 1.54) is 12.7 Å². The molecule has 0 unspecified atom stereocenters. The van der Waals surface area contributed by atoms with Gasteiger partial charge in [-0.1, -0.05) is 55.6 Å². The topological polar surface area (TPSA) is 35.5 Å². The fourth-order valence-electron chi connectivity index (χ4n) is 2.23. The molecule has 0 aliphatic carbocycles. The smallest absolute Gasteiger partial charge is 0.309 e. The van der Waals surface area contributed by atoms with Gasteiger partial charge in [-0.25, -0.2) is 0 Å². The summed E-state index contributed by atoms with van der Waals surface area (Å²) in [7, 11) is 1.40. The summed E-state index contributed by atoms with van der Waals surface area (Å²) in [5, 5.41) is 0. The maximum absolute atomic E-state index is 11.2. The van der Waals surface area contributed by atoms with Crippen LogP contribution in [-0.2, 0) is 22.4 Å². The van der Waals surface area contributed by atoms with Gasteiger partial charge in [0.25, 0.3) is 0 Å². The predicted octanol–water partition coefficient (Wildman–Crippen LogP) is 4.22. The first-order chi connectivity index (χ1) is 11.6. The molecular weight excluding hydrogens is 300 g/mol. The van der Waals surface area contributed by atoms with Crippen molar-refractivity contribution in [1.82, 2.24) is 0 Å². The molecule has 2 rings (SSSR count). The van der Waals surface area contributed by atoms with Gasteiger partial charge >= 0.3 is 5.97 Å². The summed E-state index contributed by atoms with van der Waals surface area (Å²) in [5.41, 5.74) is 4.05. The number of carbonyl (C=O) groups is 1. The van der Waals surface area contributed by atoms with Crippen molar-refractivity contribution in [2.24, 2.45) is 0 Å². The highest BCUT2D eigenvalue weighted by atomic mass is 16.5. The molecule has 0 fully saturated rings. The van der Waals surface area contributed by atoms with E-state index in [-0.39, 0.29) is 5.97 Å². The summed E-state index contributed by atoms with van der Waals surface area (Å²) in [4.78, 5) is 11.2. The number of hydrogen-bond acceptors (Lipinski definition) is 3. The number of rotatable bonds is 8. The molecule has 0 amide bonds. The Morgan fingerprint density at radius 3 is 2.25 bits per heavy atom. The van der Waals surface area contributed by atoms with Crippen LogP contribution >= 0.6 is 0 Å². The fourth-order valence-corrected chi connectivity index (χ4v) is 2.23. The van der Waals surface area contributed by atoms with Crippen LogP contribution in [0.2, 0.25) is 0 Å². The maximum atomic E-state index is 11.2. The van der Waals surface area contributed by atoms with Gasteiger partial charge in [-0.15, -0.1) is 0 Å². The monoisotopic (exact) mass is 322 g/mol.